The van der Waals surface area contributed by atoms with Gasteiger partial charge < -0.3 is 0 Å². The van der Waals surface area contributed by atoms with Crippen molar-refractivity contribution >= 4 is 5.71 Å². The lowest BCUT2D eigenvalue weighted by atomic mass is 9.67. The average Bonchev–Trinajstić information content (AvgIpc) is 2.12. The normalized spacial score (nSPS) is 28.6. The maximum absolute atomic E-state index is 4.62. The van der Waals surface area contributed by atoms with E-state index in [0.29, 0.717) is 5.41 Å². The lowest BCUT2D eigenvalue weighted by Crippen LogP contribution is -2.34. The minimum atomic E-state index is 0.566. The van der Waals surface area contributed by atoms with Crippen molar-refractivity contribution in [3.8, 4) is 0 Å². The molecule has 0 atom stereocenters. The van der Waals surface area contributed by atoms with Gasteiger partial charge in [0.2, 0.25) is 0 Å². The van der Waals surface area contributed by atoms with Crippen molar-refractivity contribution in [3.63, 3.8) is 0 Å². The molecule has 12 heavy (non-hydrogen) atoms. The average molecular weight is 165 g/mol. The van der Waals surface area contributed by atoms with E-state index in [9.17, 15) is 0 Å². The SMILES string of the molecule is CC1=NCCCC12CCCCC2. The van der Waals surface area contributed by atoms with Crippen molar-refractivity contribution in [2.75, 3.05) is 6.54 Å². The highest BCUT2D eigenvalue weighted by atomic mass is 14.8. The van der Waals surface area contributed by atoms with Gasteiger partial charge in [-0.15, -0.1) is 0 Å². The molecule has 0 amide bonds. The molecule has 0 aromatic rings. The van der Waals surface area contributed by atoms with Crippen molar-refractivity contribution in [1.29, 1.82) is 0 Å². The zero-order chi connectivity index (χ0) is 8.44. The highest BCUT2D eigenvalue weighted by molar-refractivity contribution is 5.88. The molecular formula is C11H19N. The summed E-state index contributed by atoms with van der Waals surface area (Å²) in [5, 5.41) is 0. The van der Waals surface area contributed by atoms with E-state index in [-0.39, 0.29) is 0 Å². The van der Waals surface area contributed by atoms with E-state index in [2.05, 4.69) is 11.9 Å². The Labute approximate surface area is 75.3 Å². The first-order chi connectivity index (χ1) is 5.83. The van der Waals surface area contributed by atoms with Gasteiger partial charge in [0.15, 0.2) is 0 Å². The molecule has 2 aliphatic rings. The Morgan fingerprint density at radius 2 is 1.67 bits per heavy atom. The molecule has 0 radical (unpaired) electrons. The Kier molecular flexibility index (Phi) is 2.20. The summed E-state index contributed by atoms with van der Waals surface area (Å²) in [5.41, 5.74) is 2.03. The summed E-state index contributed by atoms with van der Waals surface area (Å²) in [7, 11) is 0. The molecule has 1 spiro atoms. The highest BCUT2D eigenvalue weighted by Crippen LogP contribution is 2.43. The van der Waals surface area contributed by atoms with E-state index < -0.39 is 0 Å². The molecule has 0 bridgehead atoms. The standard InChI is InChI=1S/C11H19N/c1-10-11(8-5-9-12-10)6-3-2-4-7-11/h2-9H2,1H3. The smallest absolute Gasteiger partial charge is 0.0389 e. The first-order valence-electron chi connectivity index (χ1n) is 5.35. The number of nitrogens with zero attached hydrogens (tertiary/aromatic N) is 1. The van der Waals surface area contributed by atoms with Crippen LogP contribution in [0.3, 0.4) is 0 Å². The van der Waals surface area contributed by atoms with Crippen LogP contribution >= 0.6 is 0 Å². The van der Waals surface area contributed by atoms with Crippen LogP contribution in [0.15, 0.2) is 4.99 Å². The molecule has 2 rings (SSSR count). The van der Waals surface area contributed by atoms with E-state index in [1.807, 2.05) is 0 Å². The predicted octanol–water partition coefficient (Wildman–Crippen LogP) is 3.19. The topological polar surface area (TPSA) is 12.4 Å². The molecule has 0 aromatic heterocycles. The number of rotatable bonds is 0. The molecule has 1 nitrogen and oxygen atoms in total. The molecule has 68 valence electrons. The van der Waals surface area contributed by atoms with E-state index in [0.717, 1.165) is 6.54 Å². The molecule has 1 aliphatic carbocycles. The second-order valence-electron chi connectivity index (χ2n) is 4.41. The second kappa shape index (κ2) is 3.20. The zero-order valence-electron chi connectivity index (χ0n) is 8.10. The van der Waals surface area contributed by atoms with Crippen molar-refractivity contribution in [1.82, 2.24) is 0 Å². The fraction of sp³-hybridized carbons (Fsp3) is 0.909. The van der Waals surface area contributed by atoms with Gasteiger partial charge in [0.25, 0.3) is 0 Å². The van der Waals surface area contributed by atoms with Gasteiger partial charge in [-0.2, -0.15) is 0 Å². The fourth-order valence-corrected chi connectivity index (χ4v) is 2.85. The van der Waals surface area contributed by atoms with Gasteiger partial charge in [-0.1, -0.05) is 19.3 Å². The van der Waals surface area contributed by atoms with Gasteiger partial charge in [0.05, 0.1) is 0 Å². The van der Waals surface area contributed by atoms with Gasteiger partial charge in [-0.25, -0.2) is 0 Å². The Hall–Kier alpha value is -0.330. The fourth-order valence-electron chi connectivity index (χ4n) is 2.85. The van der Waals surface area contributed by atoms with E-state index in [4.69, 9.17) is 0 Å². The Morgan fingerprint density at radius 1 is 1.00 bits per heavy atom. The minimum Gasteiger partial charge on any atom is -0.294 e. The van der Waals surface area contributed by atoms with E-state index in [1.54, 1.807) is 0 Å². The first kappa shape index (κ1) is 8.28. The van der Waals surface area contributed by atoms with Crippen LogP contribution in [-0.4, -0.2) is 12.3 Å². The summed E-state index contributed by atoms with van der Waals surface area (Å²) in [6.07, 6.45) is 9.92. The van der Waals surface area contributed by atoms with E-state index >= 15 is 0 Å². The molecule has 1 fully saturated rings. The van der Waals surface area contributed by atoms with Gasteiger partial charge >= 0.3 is 0 Å². The third kappa shape index (κ3) is 1.30. The number of hydrogen-bond donors (Lipinski definition) is 0. The molecule has 1 saturated carbocycles. The molecular weight excluding hydrogens is 146 g/mol. The minimum absolute atomic E-state index is 0.566. The first-order valence-corrected chi connectivity index (χ1v) is 5.35. The van der Waals surface area contributed by atoms with Crippen LogP contribution < -0.4 is 0 Å². The monoisotopic (exact) mass is 165 g/mol. The van der Waals surface area contributed by atoms with Crippen LogP contribution in [0.25, 0.3) is 0 Å². The largest absolute Gasteiger partial charge is 0.294 e. The van der Waals surface area contributed by atoms with Gasteiger partial charge in [-0.3, -0.25) is 4.99 Å². The summed E-state index contributed by atoms with van der Waals surface area (Å²) in [4.78, 5) is 4.62. The maximum atomic E-state index is 4.62. The summed E-state index contributed by atoms with van der Waals surface area (Å²) >= 11 is 0. The zero-order valence-corrected chi connectivity index (χ0v) is 8.10. The molecule has 1 heterocycles. The van der Waals surface area contributed by atoms with Gasteiger partial charge in [0.1, 0.15) is 0 Å². The third-order valence-corrected chi connectivity index (χ3v) is 3.74. The quantitative estimate of drug-likeness (QED) is 0.522. The second-order valence-corrected chi connectivity index (χ2v) is 4.41. The molecule has 1 heteroatoms. The van der Waals surface area contributed by atoms with Crippen LogP contribution in [0.5, 0.6) is 0 Å². The van der Waals surface area contributed by atoms with Crippen LogP contribution in [0.4, 0.5) is 0 Å². The lowest BCUT2D eigenvalue weighted by molar-refractivity contribution is 0.251. The van der Waals surface area contributed by atoms with Crippen molar-refractivity contribution in [2.24, 2.45) is 10.4 Å². The summed E-state index contributed by atoms with van der Waals surface area (Å²) in [6, 6.07) is 0. The van der Waals surface area contributed by atoms with Crippen LogP contribution in [-0.2, 0) is 0 Å². The highest BCUT2D eigenvalue weighted by Gasteiger charge is 2.35. The Morgan fingerprint density at radius 3 is 2.33 bits per heavy atom. The Bertz CT molecular complexity index is 187. The lowest BCUT2D eigenvalue weighted by Gasteiger charge is -2.39. The molecule has 1 aliphatic heterocycles. The Balaban J connectivity index is 2.16. The van der Waals surface area contributed by atoms with Gasteiger partial charge in [0, 0.05) is 17.7 Å². The molecule has 0 N–H and O–H groups in total. The third-order valence-electron chi connectivity index (χ3n) is 3.74. The predicted molar refractivity (Wildman–Crippen MR) is 52.7 cm³/mol. The van der Waals surface area contributed by atoms with Crippen molar-refractivity contribution in [2.45, 2.75) is 51.9 Å². The number of hydrogen-bond acceptors (Lipinski definition) is 1. The molecule has 0 saturated heterocycles. The number of aliphatic imine (C=N–C) groups is 1. The summed E-state index contributed by atoms with van der Waals surface area (Å²) < 4.78 is 0. The summed E-state index contributed by atoms with van der Waals surface area (Å²) in [5.74, 6) is 0. The van der Waals surface area contributed by atoms with Gasteiger partial charge in [-0.05, 0) is 32.6 Å². The van der Waals surface area contributed by atoms with Crippen LogP contribution in [0.2, 0.25) is 0 Å². The van der Waals surface area contributed by atoms with E-state index in [1.165, 1.54) is 50.7 Å². The maximum Gasteiger partial charge on any atom is 0.0389 e. The van der Waals surface area contributed by atoms with Crippen molar-refractivity contribution in [3.05, 3.63) is 0 Å². The summed E-state index contributed by atoms with van der Waals surface area (Å²) in [6.45, 7) is 3.35. The van der Waals surface area contributed by atoms with Crippen LogP contribution in [0, 0.1) is 5.41 Å². The molecule has 0 aromatic carbocycles. The van der Waals surface area contributed by atoms with Crippen molar-refractivity contribution < 1.29 is 0 Å². The van der Waals surface area contributed by atoms with Crippen LogP contribution in [0.1, 0.15) is 51.9 Å². The molecule has 0 unspecified atom stereocenters.